The Morgan fingerprint density at radius 3 is 2.29 bits per heavy atom. The van der Waals surface area contributed by atoms with Gasteiger partial charge in [0.15, 0.2) is 0 Å². The maximum Gasteiger partial charge on any atom is 0.282 e. The molecule has 7 heteroatoms. The molecule has 0 aromatic heterocycles. The first kappa shape index (κ1) is 20.8. The van der Waals surface area contributed by atoms with E-state index in [1.165, 1.54) is 11.8 Å². The Morgan fingerprint density at radius 1 is 0.968 bits per heavy atom. The fourth-order valence-corrected chi connectivity index (χ4v) is 3.98. The number of ether oxygens (including phenoxy) is 1. The molecule has 0 bridgehead atoms. The minimum atomic E-state index is -0.340. The van der Waals surface area contributed by atoms with E-state index >= 15 is 0 Å². The summed E-state index contributed by atoms with van der Waals surface area (Å²) in [5.74, 6) is -0.830. The highest BCUT2D eigenvalue weighted by molar-refractivity contribution is 6.45. The first-order valence-corrected chi connectivity index (χ1v) is 10.3. The summed E-state index contributed by atoms with van der Waals surface area (Å²) in [6.45, 7) is 7.41. The van der Waals surface area contributed by atoms with Gasteiger partial charge in [0.05, 0.1) is 24.5 Å². The monoisotopic (exact) mass is 419 g/mol. The molecule has 1 saturated heterocycles. The van der Waals surface area contributed by atoms with Crippen LogP contribution in [0.2, 0.25) is 0 Å². The van der Waals surface area contributed by atoms with E-state index in [-0.39, 0.29) is 17.7 Å². The quantitative estimate of drug-likeness (QED) is 0.771. The van der Waals surface area contributed by atoms with E-state index in [0.29, 0.717) is 54.5 Å². The zero-order valence-electron chi connectivity index (χ0n) is 17.9. The molecule has 1 fully saturated rings. The predicted octanol–water partition coefficient (Wildman–Crippen LogP) is 2.88. The average Bonchev–Trinajstić information content (AvgIpc) is 3.01. The fourth-order valence-electron chi connectivity index (χ4n) is 3.98. The van der Waals surface area contributed by atoms with Crippen molar-refractivity contribution in [2.24, 2.45) is 0 Å². The summed E-state index contributed by atoms with van der Waals surface area (Å²) >= 11 is 0. The Kier molecular flexibility index (Phi) is 5.61. The number of imide groups is 1. The first-order valence-electron chi connectivity index (χ1n) is 10.3. The molecule has 0 saturated carbocycles. The summed E-state index contributed by atoms with van der Waals surface area (Å²) in [4.78, 5) is 41.7. The van der Waals surface area contributed by atoms with Crippen LogP contribution in [0.5, 0.6) is 0 Å². The Bertz CT molecular complexity index is 1080. The lowest BCUT2D eigenvalue weighted by Gasteiger charge is -2.29. The number of carbonyl (C=O) groups is 3. The summed E-state index contributed by atoms with van der Waals surface area (Å²) < 4.78 is 5.45. The largest absolute Gasteiger partial charge is 0.378 e. The van der Waals surface area contributed by atoms with Gasteiger partial charge in [-0.3, -0.25) is 14.4 Å². The van der Waals surface area contributed by atoms with Crippen molar-refractivity contribution in [3.8, 4) is 0 Å². The van der Waals surface area contributed by atoms with Gasteiger partial charge in [0.2, 0.25) is 5.91 Å². The SMILES string of the molecule is CC(=O)Nc1ccc(C2=C(N3CCOCC3)C(=O)N(c3cccc(C)c3C)C2=O)cc1. The van der Waals surface area contributed by atoms with Gasteiger partial charge < -0.3 is 15.0 Å². The lowest BCUT2D eigenvalue weighted by molar-refractivity contribution is -0.121. The van der Waals surface area contributed by atoms with E-state index in [9.17, 15) is 14.4 Å². The number of nitrogens with zero attached hydrogens (tertiary/aromatic N) is 2. The van der Waals surface area contributed by atoms with Crippen molar-refractivity contribution in [1.29, 1.82) is 0 Å². The molecule has 0 atom stereocenters. The van der Waals surface area contributed by atoms with Gasteiger partial charge in [0.1, 0.15) is 5.70 Å². The van der Waals surface area contributed by atoms with Crippen LogP contribution < -0.4 is 10.2 Å². The van der Waals surface area contributed by atoms with Crippen LogP contribution in [0.1, 0.15) is 23.6 Å². The maximum absolute atomic E-state index is 13.6. The molecule has 2 heterocycles. The molecular weight excluding hydrogens is 394 g/mol. The highest BCUT2D eigenvalue weighted by Crippen LogP contribution is 2.37. The molecule has 0 radical (unpaired) electrons. The number of hydrogen-bond donors (Lipinski definition) is 1. The van der Waals surface area contributed by atoms with Crippen LogP contribution in [0.3, 0.4) is 0 Å². The van der Waals surface area contributed by atoms with E-state index in [0.717, 1.165) is 11.1 Å². The minimum Gasteiger partial charge on any atom is -0.378 e. The van der Waals surface area contributed by atoms with E-state index in [1.54, 1.807) is 30.3 Å². The first-order chi connectivity index (χ1) is 14.9. The molecule has 31 heavy (non-hydrogen) atoms. The number of benzene rings is 2. The molecule has 1 N–H and O–H groups in total. The standard InChI is InChI=1S/C24H25N3O4/c1-15-5-4-6-20(16(15)2)27-23(29)21(18-7-9-19(10-8-18)25-17(3)28)22(24(27)30)26-11-13-31-14-12-26/h4-10H,11-14H2,1-3H3,(H,25,28). The van der Waals surface area contributed by atoms with Crippen LogP contribution in [0.4, 0.5) is 11.4 Å². The second-order valence-electron chi connectivity index (χ2n) is 7.75. The Labute approximate surface area is 181 Å². The molecule has 0 aliphatic carbocycles. The lowest BCUT2D eigenvalue weighted by Crippen LogP contribution is -2.40. The smallest absolute Gasteiger partial charge is 0.282 e. The molecular formula is C24H25N3O4. The lowest BCUT2D eigenvalue weighted by atomic mass is 10.0. The number of morpholine rings is 1. The van der Waals surface area contributed by atoms with Crippen LogP contribution >= 0.6 is 0 Å². The Hall–Kier alpha value is -3.45. The highest BCUT2D eigenvalue weighted by atomic mass is 16.5. The number of amides is 3. The van der Waals surface area contributed by atoms with E-state index in [4.69, 9.17) is 4.74 Å². The second-order valence-corrected chi connectivity index (χ2v) is 7.75. The summed E-state index contributed by atoms with van der Waals surface area (Å²) in [7, 11) is 0. The van der Waals surface area contributed by atoms with Crippen molar-refractivity contribution in [1.82, 2.24) is 4.90 Å². The zero-order chi connectivity index (χ0) is 22.1. The topological polar surface area (TPSA) is 79.0 Å². The number of hydrogen-bond acceptors (Lipinski definition) is 5. The van der Waals surface area contributed by atoms with Gasteiger partial charge in [-0.05, 0) is 48.7 Å². The Morgan fingerprint density at radius 2 is 1.65 bits per heavy atom. The Balaban J connectivity index is 1.80. The second kappa shape index (κ2) is 8.35. The van der Waals surface area contributed by atoms with E-state index in [1.807, 2.05) is 30.9 Å². The molecule has 4 rings (SSSR count). The number of rotatable bonds is 4. The number of anilines is 2. The molecule has 2 aromatic rings. The van der Waals surface area contributed by atoms with Gasteiger partial charge in [-0.25, -0.2) is 4.90 Å². The normalized spacial score (nSPS) is 16.9. The molecule has 3 amide bonds. The molecule has 0 spiro atoms. The third kappa shape index (κ3) is 3.84. The highest BCUT2D eigenvalue weighted by Gasteiger charge is 2.43. The molecule has 2 aliphatic rings. The van der Waals surface area contributed by atoms with Gasteiger partial charge in [0.25, 0.3) is 11.8 Å². The summed E-state index contributed by atoms with van der Waals surface area (Å²) in [6, 6.07) is 12.6. The van der Waals surface area contributed by atoms with Gasteiger partial charge in [-0.1, -0.05) is 24.3 Å². The number of carbonyl (C=O) groups excluding carboxylic acids is 3. The minimum absolute atomic E-state index is 0.172. The molecule has 2 aromatic carbocycles. The van der Waals surface area contributed by atoms with Crippen LogP contribution in [0.15, 0.2) is 48.2 Å². The van der Waals surface area contributed by atoms with Crippen LogP contribution in [-0.2, 0) is 19.1 Å². The summed E-state index contributed by atoms with van der Waals surface area (Å²) in [6.07, 6.45) is 0. The van der Waals surface area contributed by atoms with Crippen molar-refractivity contribution in [3.63, 3.8) is 0 Å². The van der Waals surface area contributed by atoms with Crippen molar-refractivity contribution in [2.45, 2.75) is 20.8 Å². The molecule has 2 aliphatic heterocycles. The number of aryl methyl sites for hydroxylation is 1. The van der Waals surface area contributed by atoms with Gasteiger partial charge in [-0.2, -0.15) is 0 Å². The van der Waals surface area contributed by atoms with Crippen molar-refractivity contribution >= 4 is 34.7 Å². The van der Waals surface area contributed by atoms with Crippen molar-refractivity contribution in [2.75, 3.05) is 36.5 Å². The van der Waals surface area contributed by atoms with Crippen LogP contribution in [0, 0.1) is 13.8 Å². The third-order valence-electron chi connectivity index (χ3n) is 5.70. The molecule has 160 valence electrons. The summed E-state index contributed by atoms with van der Waals surface area (Å²) in [5, 5.41) is 2.72. The van der Waals surface area contributed by atoms with E-state index in [2.05, 4.69) is 5.32 Å². The number of nitrogens with one attached hydrogen (secondary N) is 1. The summed E-state index contributed by atoms with van der Waals surface area (Å²) in [5.41, 5.74) is 4.57. The molecule has 7 nitrogen and oxygen atoms in total. The van der Waals surface area contributed by atoms with Gasteiger partial charge >= 0.3 is 0 Å². The maximum atomic E-state index is 13.6. The van der Waals surface area contributed by atoms with Crippen molar-refractivity contribution < 1.29 is 19.1 Å². The predicted molar refractivity (Wildman–Crippen MR) is 118 cm³/mol. The van der Waals surface area contributed by atoms with E-state index < -0.39 is 0 Å². The molecule has 0 unspecified atom stereocenters. The average molecular weight is 419 g/mol. The fraction of sp³-hybridized carbons (Fsp3) is 0.292. The van der Waals surface area contributed by atoms with Gasteiger partial charge in [-0.15, -0.1) is 0 Å². The third-order valence-corrected chi connectivity index (χ3v) is 5.70. The zero-order valence-corrected chi connectivity index (χ0v) is 17.9. The van der Waals surface area contributed by atoms with Gasteiger partial charge in [0, 0.05) is 25.7 Å². The van der Waals surface area contributed by atoms with Crippen molar-refractivity contribution in [3.05, 3.63) is 64.9 Å². The van der Waals surface area contributed by atoms with Crippen LogP contribution in [-0.4, -0.2) is 48.9 Å². The van der Waals surface area contributed by atoms with Crippen LogP contribution in [0.25, 0.3) is 5.57 Å².